The summed E-state index contributed by atoms with van der Waals surface area (Å²) in [7, 11) is 0. The van der Waals surface area contributed by atoms with Crippen molar-refractivity contribution in [2.24, 2.45) is 0 Å². The number of anilines is 3. The minimum atomic E-state index is -4.61. The van der Waals surface area contributed by atoms with E-state index in [2.05, 4.69) is 27.2 Å². The maximum atomic E-state index is 13.3. The van der Waals surface area contributed by atoms with Crippen LogP contribution in [0.4, 0.5) is 30.4 Å². The maximum absolute atomic E-state index is 13.3. The van der Waals surface area contributed by atoms with E-state index in [1.165, 1.54) is 0 Å². The highest BCUT2D eigenvalue weighted by atomic mass is 32.2. The fourth-order valence-electron chi connectivity index (χ4n) is 2.44. The number of carbonyl (C=O) groups excluding carboxylic acids is 1. The standard InChI is InChI=1S/C21H17F3N4OS/c1-2-19(29)26-16-10-6-9-15(11-16)25-18-12-17(21(22,23)24)27-20(28-18)30-13-14-7-4-3-5-8-14/h2-12H,1,13H2,(H,26,29)(H,25,27,28). The van der Waals surface area contributed by atoms with E-state index >= 15 is 0 Å². The number of amides is 1. The van der Waals surface area contributed by atoms with Gasteiger partial charge in [0, 0.05) is 23.2 Å². The molecular formula is C21H17F3N4OS. The van der Waals surface area contributed by atoms with Gasteiger partial charge in [0.15, 0.2) is 10.9 Å². The van der Waals surface area contributed by atoms with E-state index in [4.69, 9.17) is 0 Å². The lowest BCUT2D eigenvalue weighted by Crippen LogP contribution is -2.11. The molecule has 5 nitrogen and oxygen atoms in total. The lowest BCUT2D eigenvalue weighted by Gasteiger charge is -2.12. The monoisotopic (exact) mass is 430 g/mol. The van der Waals surface area contributed by atoms with Crippen molar-refractivity contribution in [1.82, 2.24) is 9.97 Å². The summed E-state index contributed by atoms with van der Waals surface area (Å²) < 4.78 is 39.9. The lowest BCUT2D eigenvalue weighted by atomic mass is 10.2. The number of nitrogens with one attached hydrogen (secondary N) is 2. The van der Waals surface area contributed by atoms with Crippen molar-refractivity contribution in [2.45, 2.75) is 17.1 Å². The summed E-state index contributed by atoms with van der Waals surface area (Å²) >= 11 is 1.11. The highest BCUT2D eigenvalue weighted by molar-refractivity contribution is 7.98. The molecule has 0 radical (unpaired) electrons. The van der Waals surface area contributed by atoms with Crippen LogP contribution in [0.2, 0.25) is 0 Å². The summed E-state index contributed by atoms with van der Waals surface area (Å²) in [5.74, 6) is 0.0400. The number of carbonyl (C=O) groups is 1. The number of thioether (sulfide) groups is 1. The number of hydrogen-bond acceptors (Lipinski definition) is 5. The van der Waals surface area contributed by atoms with Crippen LogP contribution in [0.15, 0.2) is 78.5 Å². The Morgan fingerprint density at radius 2 is 1.77 bits per heavy atom. The molecular weight excluding hydrogens is 413 g/mol. The lowest BCUT2D eigenvalue weighted by molar-refractivity contribution is -0.141. The number of halogens is 3. The van der Waals surface area contributed by atoms with Gasteiger partial charge in [0.2, 0.25) is 5.91 Å². The van der Waals surface area contributed by atoms with Gasteiger partial charge in [0.05, 0.1) is 0 Å². The van der Waals surface area contributed by atoms with Crippen LogP contribution in [0.1, 0.15) is 11.3 Å². The molecule has 0 spiro atoms. The number of alkyl halides is 3. The second-order valence-corrected chi connectivity index (χ2v) is 7.03. The number of benzene rings is 2. The Hall–Kier alpha value is -3.33. The van der Waals surface area contributed by atoms with E-state index in [1.54, 1.807) is 24.3 Å². The number of nitrogens with zero attached hydrogens (tertiary/aromatic N) is 2. The first-order chi connectivity index (χ1) is 14.3. The van der Waals surface area contributed by atoms with E-state index in [-0.39, 0.29) is 11.0 Å². The summed E-state index contributed by atoms with van der Waals surface area (Å²) in [6.07, 6.45) is -3.49. The van der Waals surface area contributed by atoms with Crippen molar-refractivity contribution in [3.8, 4) is 0 Å². The summed E-state index contributed by atoms with van der Waals surface area (Å²) in [5, 5.41) is 5.44. The minimum Gasteiger partial charge on any atom is -0.340 e. The van der Waals surface area contributed by atoms with Crippen LogP contribution < -0.4 is 10.6 Å². The largest absolute Gasteiger partial charge is 0.433 e. The third kappa shape index (κ3) is 6.08. The summed E-state index contributed by atoms with van der Waals surface area (Å²) in [4.78, 5) is 19.3. The second kappa shape index (κ2) is 9.45. The molecule has 3 aromatic rings. The highest BCUT2D eigenvalue weighted by Crippen LogP contribution is 2.32. The highest BCUT2D eigenvalue weighted by Gasteiger charge is 2.33. The van der Waals surface area contributed by atoms with Crippen LogP contribution in [-0.2, 0) is 16.7 Å². The van der Waals surface area contributed by atoms with Gasteiger partial charge in [0.1, 0.15) is 5.82 Å². The maximum Gasteiger partial charge on any atom is 0.433 e. The zero-order chi connectivity index (χ0) is 21.6. The van der Waals surface area contributed by atoms with Crippen molar-refractivity contribution in [3.63, 3.8) is 0 Å². The van der Waals surface area contributed by atoms with Crippen molar-refractivity contribution < 1.29 is 18.0 Å². The normalized spacial score (nSPS) is 11.0. The molecule has 2 N–H and O–H groups in total. The molecule has 154 valence electrons. The average Bonchev–Trinajstić information content (AvgIpc) is 2.72. The van der Waals surface area contributed by atoms with Crippen LogP contribution in [0, 0.1) is 0 Å². The van der Waals surface area contributed by atoms with Gasteiger partial charge in [-0.15, -0.1) is 0 Å². The molecule has 1 amide bonds. The zero-order valence-electron chi connectivity index (χ0n) is 15.6. The number of hydrogen-bond donors (Lipinski definition) is 2. The summed E-state index contributed by atoms with van der Waals surface area (Å²) in [6, 6.07) is 16.7. The molecule has 30 heavy (non-hydrogen) atoms. The molecule has 1 heterocycles. The fourth-order valence-corrected chi connectivity index (χ4v) is 3.25. The van der Waals surface area contributed by atoms with E-state index < -0.39 is 17.8 Å². The summed E-state index contributed by atoms with van der Waals surface area (Å²) in [6.45, 7) is 3.38. The van der Waals surface area contributed by atoms with Gasteiger partial charge in [-0.3, -0.25) is 4.79 Å². The smallest absolute Gasteiger partial charge is 0.340 e. The molecule has 0 fully saturated rings. The molecule has 0 aliphatic rings. The van der Waals surface area contributed by atoms with Crippen LogP contribution >= 0.6 is 11.8 Å². The number of aromatic nitrogens is 2. The minimum absolute atomic E-state index is 0.0000777. The summed E-state index contributed by atoms with van der Waals surface area (Å²) in [5.41, 5.74) is 0.840. The zero-order valence-corrected chi connectivity index (χ0v) is 16.4. The third-order valence-electron chi connectivity index (χ3n) is 3.79. The first-order valence-corrected chi connectivity index (χ1v) is 9.75. The Morgan fingerprint density at radius 3 is 2.47 bits per heavy atom. The third-order valence-corrected chi connectivity index (χ3v) is 4.71. The predicted molar refractivity (Wildman–Crippen MR) is 112 cm³/mol. The molecule has 2 aromatic carbocycles. The first kappa shape index (κ1) is 21.4. The quantitative estimate of drug-likeness (QED) is 0.288. The Kier molecular flexibility index (Phi) is 6.73. The number of rotatable bonds is 7. The van der Waals surface area contributed by atoms with Gasteiger partial charge in [-0.25, -0.2) is 9.97 Å². The van der Waals surface area contributed by atoms with Gasteiger partial charge >= 0.3 is 6.18 Å². The van der Waals surface area contributed by atoms with Crippen LogP contribution in [0.5, 0.6) is 0 Å². The van der Waals surface area contributed by atoms with E-state index in [0.29, 0.717) is 17.1 Å². The van der Waals surface area contributed by atoms with E-state index in [9.17, 15) is 18.0 Å². The van der Waals surface area contributed by atoms with E-state index in [1.807, 2.05) is 30.3 Å². The van der Waals surface area contributed by atoms with Crippen molar-refractivity contribution in [3.05, 3.63) is 84.6 Å². The molecule has 0 saturated heterocycles. The SMILES string of the molecule is C=CC(=O)Nc1cccc(Nc2cc(C(F)(F)F)nc(SCc3ccccc3)n2)c1. The molecule has 0 atom stereocenters. The topological polar surface area (TPSA) is 66.9 Å². The molecule has 0 aliphatic carbocycles. The van der Waals surface area contributed by atoms with Crippen molar-refractivity contribution in [1.29, 1.82) is 0 Å². The molecule has 3 rings (SSSR count). The van der Waals surface area contributed by atoms with Gasteiger partial charge in [-0.2, -0.15) is 13.2 Å². The fraction of sp³-hybridized carbons (Fsp3) is 0.0952. The molecule has 0 unspecified atom stereocenters. The molecule has 0 saturated carbocycles. The molecule has 1 aromatic heterocycles. The van der Waals surface area contributed by atoms with Crippen molar-refractivity contribution >= 4 is 34.9 Å². The Labute approximate surface area is 175 Å². The van der Waals surface area contributed by atoms with Gasteiger partial charge < -0.3 is 10.6 Å². The molecule has 9 heteroatoms. The van der Waals surface area contributed by atoms with Crippen LogP contribution in [-0.4, -0.2) is 15.9 Å². The average molecular weight is 430 g/mol. The van der Waals surface area contributed by atoms with Crippen molar-refractivity contribution in [2.75, 3.05) is 10.6 Å². The molecule has 0 bridgehead atoms. The molecule has 0 aliphatic heterocycles. The predicted octanol–water partition coefficient (Wildman–Crippen LogP) is 5.66. The van der Waals surface area contributed by atoms with Crippen LogP contribution in [0.3, 0.4) is 0 Å². The van der Waals surface area contributed by atoms with Crippen LogP contribution in [0.25, 0.3) is 0 Å². The Balaban J connectivity index is 1.84. The Morgan fingerprint density at radius 1 is 1.03 bits per heavy atom. The first-order valence-electron chi connectivity index (χ1n) is 8.77. The second-order valence-electron chi connectivity index (χ2n) is 6.09. The Bertz CT molecular complexity index is 1040. The van der Waals surface area contributed by atoms with Gasteiger partial charge in [0.25, 0.3) is 0 Å². The van der Waals surface area contributed by atoms with E-state index in [0.717, 1.165) is 29.5 Å². The van der Waals surface area contributed by atoms with Gasteiger partial charge in [-0.1, -0.05) is 54.7 Å². The van der Waals surface area contributed by atoms with Gasteiger partial charge in [-0.05, 0) is 29.8 Å².